The fourth-order valence-electron chi connectivity index (χ4n) is 2.55. The van der Waals surface area contributed by atoms with Crippen molar-refractivity contribution in [3.63, 3.8) is 0 Å². The number of nitrogen functional groups attached to an aromatic ring is 1. The lowest BCUT2D eigenvalue weighted by Gasteiger charge is -2.31. The molecule has 0 aromatic carbocycles. The number of esters is 1. The number of methoxy groups -OCH3 is 1. The van der Waals surface area contributed by atoms with Crippen LogP contribution in [0.2, 0.25) is 0 Å². The second-order valence-electron chi connectivity index (χ2n) is 5.00. The molecule has 1 aromatic rings. The van der Waals surface area contributed by atoms with Crippen LogP contribution in [0.1, 0.15) is 30.1 Å². The molecule has 20 heavy (non-hydrogen) atoms. The van der Waals surface area contributed by atoms with Crippen molar-refractivity contribution in [2.45, 2.75) is 26.3 Å². The summed E-state index contributed by atoms with van der Waals surface area (Å²) in [5, 5.41) is 13.6. The third kappa shape index (κ3) is 2.58. The van der Waals surface area contributed by atoms with Gasteiger partial charge in [0.25, 0.3) is 0 Å². The summed E-state index contributed by atoms with van der Waals surface area (Å²) in [6.45, 7) is 4.25. The van der Waals surface area contributed by atoms with E-state index in [0.717, 1.165) is 25.9 Å². The van der Waals surface area contributed by atoms with Gasteiger partial charge in [-0.05, 0) is 25.7 Å². The average molecular weight is 282 g/mol. The minimum absolute atomic E-state index is 0.212. The van der Waals surface area contributed by atoms with E-state index in [1.165, 1.54) is 7.11 Å². The third-order valence-electron chi connectivity index (χ3n) is 3.83. The molecule has 112 valence electrons. The first-order chi connectivity index (χ1) is 9.62. The SMILES string of the molecule is CCn1nc(N2CCC(CO)CC2)c(C(=O)OC)c1N. The zero-order chi connectivity index (χ0) is 14.7. The molecule has 0 unspecified atom stereocenters. The van der Waals surface area contributed by atoms with Crippen LogP contribution >= 0.6 is 0 Å². The molecule has 2 heterocycles. The summed E-state index contributed by atoms with van der Waals surface area (Å²) in [5.41, 5.74) is 6.33. The van der Waals surface area contributed by atoms with E-state index >= 15 is 0 Å². The number of ether oxygens (including phenoxy) is 1. The van der Waals surface area contributed by atoms with Crippen LogP contribution in [0.5, 0.6) is 0 Å². The predicted molar refractivity (Wildman–Crippen MR) is 75.7 cm³/mol. The van der Waals surface area contributed by atoms with E-state index in [9.17, 15) is 9.90 Å². The van der Waals surface area contributed by atoms with Crippen molar-refractivity contribution in [3.05, 3.63) is 5.56 Å². The van der Waals surface area contributed by atoms with Gasteiger partial charge < -0.3 is 20.5 Å². The van der Waals surface area contributed by atoms with E-state index in [1.54, 1.807) is 4.68 Å². The molecule has 0 radical (unpaired) electrons. The van der Waals surface area contributed by atoms with Crippen LogP contribution < -0.4 is 10.6 Å². The van der Waals surface area contributed by atoms with Crippen molar-refractivity contribution in [1.29, 1.82) is 0 Å². The summed E-state index contributed by atoms with van der Waals surface area (Å²) in [7, 11) is 1.34. The van der Waals surface area contributed by atoms with Crippen LogP contribution in [0, 0.1) is 5.92 Å². The summed E-state index contributed by atoms with van der Waals surface area (Å²) in [6.07, 6.45) is 1.77. The summed E-state index contributed by atoms with van der Waals surface area (Å²) in [5.74, 6) is 0.811. The molecular weight excluding hydrogens is 260 g/mol. The molecule has 2 rings (SSSR count). The standard InChI is InChI=1S/C13H22N4O3/c1-3-17-11(14)10(13(19)20-2)12(15-17)16-6-4-9(8-18)5-7-16/h9,18H,3-8,14H2,1-2H3. The minimum atomic E-state index is -0.457. The molecule has 0 spiro atoms. The van der Waals surface area contributed by atoms with Crippen LogP contribution in [0.3, 0.4) is 0 Å². The molecule has 0 atom stereocenters. The second-order valence-corrected chi connectivity index (χ2v) is 5.00. The van der Waals surface area contributed by atoms with E-state index in [4.69, 9.17) is 10.5 Å². The van der Waals surface area contributed by atoms with Gasteiger partial charge in [0.1, 0.15) is 11.4 Å². The summed E-state index contributed by atoms with van der Waals surface area (Å²) in [6, 6.07) is 0. The molecule has 1 aliphatic rings. The van der Waals surface area contributed by atoms with Crippen molar-refractivity contribution in [2.75, 3.05) is 37.4 Å². The summed E-state index contributed by atoms with van der Waals surface area (Å²) < 4.78 is 6.42. The molecule has 1 aromatic heterocycles. The van der Waals surface area contributed by atoms with Gasteiger partial charge in [0.15, 0.2) is 5.82 Å². The lowest BCUT2D eigenvalue weighted by Crippen LogP contribution is -2.36. The Morgan fingerprint density at radius 2 is 2.15 bits per heavy atom. The van der Waals surface area contributed by atoms with Gasteiger partial charge in [-0.1, -0.05) is 0 Å². The number of hydrogen-bond donors (Lipinski definition) is 2. The number of aryl methyl sites for hydroxylation is 1. The largest absolute Gasteiger partial charge is 0.465 e. The molecule has 1 saturated heterocycles. The highest BCUT2D eigenvalue weighted by molar-refractivity contribution is 5.99. The van der Waals surface area contributed by atoms with Crippen LogP contribution in [0.25, 0.3) is 0 Å². The lowest BCUT2D eigenvalue weighted by atomic mass is 9.98. The Morgan fingerprint density at radius 3 is 2.65 bits per heavy atom. The number of carbonyl (C=O) groups excluding carboxylic acids is 1. The zero-order valence-electron chi connectivity index (χ0n) is 12.0. The Bertz CT molecular complexity index is 478. The van der Waals surface area contributed by atoms with Crippen molar-refractivity contribution in [2.24, 2.45) is 5.92 Å². The fraction of sp³-hybridized carbons (Fsp3) is 0.692. The topological polar surface area (TPSA) is 93.6 Å². The highest BCUT2D eigenvalue weighted by Gasteiger charge is 2.28. The Labute approximate surface area is 118 Å². The van der Waals surface area contributed by atoms with Gasteiger partial charge in [-0.2, -0.15) is 5.10 Å². The molecule has 0 bridgehead atoms. The van der Waals surface area contributed by atoms with Crippen molar-refractivity contribution in [3.8, 4) is 0 Å². The third-order valence-corrected chi connectivity index (χ3v) is 3.83. The van der Waals surface area contributed by atoms with Crippen molar-refractivity contribution >= 4 is 17.6 Å². The van der Waals surface area contributed by atoms with Crippen LogP contribution in [0.15, 0.2) is 0 Å². The smallest absolute Gasteiger partial charge is 0.345 e. The summed E-state index contributed by atoms with van der Waals surface area (Å²) in [4.78, 5) is 14.0. The first kappa shape index (κ1) is 14.6. The predicted octanol–water partition coefficient (Wildman–Crippen LogP) is 0.481. The lowest BCUT2D eigenvalue weighted by molar-refractivity contribution is 0.0602. The van der Waals surface area contributed by atoms with Crippen molar-refractivity contribution < 1.29 is 14.6 Å². The molecule has 7 heteroatoms. The number of piperidine rings is 1. The monoisotopic (exact) mass is 282 g/mol. The number of hydrogen-bond acceptors (Lipinski definition) is 6. The Hall–Kier alpha value is -1.76. The van der Waals surface area contributed by atoms with Crippen LogP contribution in [-0.4, -0.2) is 47.7 Å². The number of rotatable bonds is 4. The number of anilines is 2. The molecule has 1 fully saturated rings. The molecular formula is C13H22N4O3. The fourth-order valence-corrected chi connectivity index (χ4v) is 2.55. The number of aliphatic hydroxyl groups is 1. The Balaban J connectivity index is 2.29. The van der Waals surface area contributed by atoms with E-state index in [-0.39, 0.29) is 6.61 Å². The van der Waals surface area contributed by atoms with E-state index in [2.05, 4.69) is 5.10 Å². The van der Waals surface area contributed by atoms with Gasteiger partial charge in [0, 0.05) is 26.2 Å². The van der Waals surface area contributed by atoms with Crippen molar-refractivity contribution in [1.82, 2.24) is 9.78 Å². The average Bonchev–Trinajstić information content (AvgIpc) is 2.83. The number of carbonyl (C=O) groups is 1. The maximum atomic E-state index is 11.9. The van der Waals surface area contributed by atoms with Gasteiger partial charge >= 0.3 is 5.97 Å². The molecule has 3 N–H and O–H groups in total. The van der Waals surface area contributed by atoms with Gasteiger partial charge in [-0.15, -0.1) is 0 Å². The maximum Gasteiger partial charge on any atom is 0.345 e. The second kappa shape index (κ2) is 6.13. The highest BCUT2D eigenvalue weighted by Crippen LogP contribution is 2.29. The number of aromatic nitrogens is 2. The highest BCUT2D eigenvalue weighted by atomic mass is 16.5. The van der Waals surface area contributed by atoms with Gasteiger partial charge in [0.05, 0.1) is 7.11 Å². The van der Waals surface area contributed by atoms with Crippen LogP contribution in [-0.2, 0) is 11.3 Å². The first-order valence-electron chi connectivity index (χ1n) is 6.92. The normalized spacial score (nSPS) is 16.4. The quantitative estimate of drug-likeness (QED) is 0.780. The molecule has 0 aliphatic carbocycles. The number of aliphatic hydroxyl groups excluding tert-OH is 1. The van der Waals surface area contributed by atoms with E-state index < -0.39 is 5.97 Å². The number of nitrogens with two attached hydrogens (primary N) is 1. The molecule has 0 amide bonds. The summed E-state index contributed by atoms with van der Waals surface area (Å²) >= 11 is 0. The van der Waals surface area contributed by atoms with Crippen LogP contribution in [0.4, 0.5) is 11.6 Å². The molecule has 1 aliphatic heterocycles. The maximum absolute atomic E-state index is 11.9. The number of nitrogens with zero attached hydrogens (tertiary/aromatic N) is 3. The minimum Gasteiger partial charge on any atom is -0.465 e. The van der Waals surface area contributed by atoms with E-state index in [0.29, 0.717) is 29.7 Å². The van der Waals surface area contributed by atoms with E-state index in [1.807, 2.05) is 11.8 Å². The first-order valence-corrected chi connectivity index (χ1v) is 6.92. The van der Waals surface area contributed by atoms with Gasteiger partial charge in [-0.25, -0.2) is 9.48 Å². The Kier molecular flexibility index (Phi) is 4.49. The molecule has 0 saturated carbocycles. The van der Waals surface area contributed by atoms with Gasteiger partial charge in [0.2, 0.25) is 0 Å². The zero-order valence-corrected chi connectivity index (χ0v) is 12.0. The Morgan fingerprint density at radius 1 is 1.50 bits per heavy atom. The molecule has 7 nitrogen and oxygen atoms in total. The van der Waals surface area contributed by atoms with Gasteiger partial charge in [-0.3, -0.25) is 0 Å².